The molecule has 0 bridgehead atoms. The van der Waals surface area contributed by atoms with E-state index in [4.69, 9.17) is 0 Å². The van der Waals surface area contributed by atoms with Gasteiger partial charge in [0.25, 0.3) is 5.56 Å². The van der Waals surface area contributed by atoms with Crippen molar-refractivity contribution in [1.29, 1.82) is 0 Å². The second kappa shape index (κ2) is 8.20. The third-order valence-corrected chi connectivity index (χ3v) is 6.33. The van der Waals surface area contributed by atoms with Crippen LogP contribution in [0.25, 0.3) is 0 Å². The van der Waals surface area contributed by atoms with Gasteiger partial charge in [-0.3, -0.25) is 19.4 Å². The lowest BCUT2D eigenvalue weighted by atomic mass is 9.92. The molecule has 33 heavy (non-hydrogen) atoms. The Morgan fingerprint density at radius 1 is 1.12 bits per heavy atom. The third kappa shape index (κ3) is 4.00. The number of aromatic nitrogens is 2. The van der Waals surface area contributed by atoms with E-state index in [2.05, 4.69) is 32.7 Å². The van der Waals surface area contributed by atoms with E-state index in [0.717, 1.165) is 17.5 Å². The number of fused-ring (bicyclic) bond motifs is 2. The fourth-order valence-electron chi connectivity index (χ4n) is 4.58. The molecule has 0 radical (unpaired) electrons. The zero-order valence-corrected chi connectivity index (χ0v) is 18.6. The highest BCUT2D eigenvalue weighted by Gasteiger charge is 2.35. The summed E-state index contributed by atoms with van der Waals surface area (Å²) in [5.74, 6) is -1.10. The lowest BCUT2D eigenvalue weighted by Crippen LogP contribution is -2.39. The van der Waals surface area contributed by atoms with Crippen molar-refractivity contribution in [2.75, 3.05) is 22.1 Å². The first-order chi connectivity index (χ1) is 15.9. The minimum absolute atomic E-state index is 0.106. The van der Waals surface area contributed by atoms with E-state index in [0.29, 0.717) is 24.7 Å². The van der Waals surface area contributed by atoms with Gasteiger partial charge in [-0.25, -0.2) is 0 Å². The molecule has 3 heterocycles. The average Bonchev–Trinajstić information content (AvgIpc) is 2.79. The summed E-state index contributed by atoms with van der Waals surface area (Å²) in [6.07, 6.45) is 0.731. The number of carbonyl (C=O) groups excluding carboxylic acids is 2. The van der Waals surface area contributed by atoms with Gasteiger partial charge >= 0.3 is 0 Å². The van der Waals surface area contributed by atoms with E-state index in [-0.39, 0.29) is 23.7 Å². The minimum Gasteiger partial charge on any atom is -0.338 e. The Morgan fingerprint density at radius 2 is 1.91 bits per heavy atom. The summed E-state index contributed by atoms with van der Waals surface area (Å²) in [7, 11) is 0. The number of H-pyrrole nitrogens is 1. The van der Waals surface area contributed by atoms with Crippen molar-refractivity contribution >= 4 is 29.3 Å². The molecule has 2 aliphatic rings. The maximum atomic E-state index is 13.1. The van der Waals surface area contributed by atoms with Crippen LogP contribution in [0.3, 0.4) is 0 Å². The van der Waals surface area contributed by atoms with Crippen molar-refractivity contribution < 1.29 is 9.59 Å². The molecule has 168 valence electrons. The molecule has 0 spiro atoms. The van der Waals surface area contributed by atoms with Crippen LogP contribution in [0.1, 0.15) is 40.2 Å². The summed E-state index contributed by atoms with van der Waals surface area (Å²) >= 11 is 0. The Labute approximate surface area is 191 Å². The highest BCUT2D eigenvalue weighted by Crippen LogP contribution is 2.31. The highest BCUT2D eigenvalue weighted by atomic mass is 16.2. The standard InChI is InChI=1S/C25H25N5O3/c1-14-7-8-19(15(2)11-14)26-23(32)18-12-20(31)27-22-21(18)24(33)29-25(28-22)30-10-9-16-5-3-4-6-17(16)13-30/h3-8,11,18H,9-10,12-13H2,1-2H3,(H,26,32)(H2,27,28,29,31,33)/t18-/m0/s1. The van der Waals surface area contributed by atoms with Crippen LogP contribution in [0.4, 0.5) is 17.5 Å². The van der Waals surface area contributed by atoms with Crippen molar-refractivity contribution in [2.24, 2.45) is 0 Å². The normalized spacial score (nSPS) is 17.1. The molecule has 0 saturated heterocycles. The summed E-state index contributed by atoms with van der Waals surface area (Å²) in [4.78, 5) is 48.0. The molecule has 1 aromatic heterocycles. The van der Waals surface area contributed by atoms with Gasteiger partial charge in [-0.2, -0.15) is 4.98 Å². The van der Waals surface area contributed by atoms with Crippen molar-refractivity contribution in [3.63, 3.8) is 0 Å². The smallest absolute Gasteiger partial charge is 0.258 e. The Morgan fingerprint density at radius 3 is 2.70 bits per heavy atom. The second-order valence-electron chi connectivity index (χ2n) is 8.70. The van der Waals surface area contributed by atoms with Crippen molar-refractivity contribution in [2.45, 2.75) is 39.2 Å². The van der Waals surface area contributed by atoms with E-state index >= 15 is 0 Å². The molecule has 5 rings (SSSR count). The molecule has 0 saturated carbocycles. The average molecular weight is 444 g/mol. The number of nitrogens with one attached hydrogen (secondary N) is 3. The van der Waals surface area contributed by atoms with Crippen molar-refractivity contribution in [3.05, 3.63) is 80.6 Å². The molecule has 0 aliphatic carbocycles. The van der Waals surface area contributed by atoms with Gasteiger partial charge in [0.15, 0.2) is 0 Å². The number of amides is 2. The van der Waals surface area contributed by atoms with E-state index in [1.54, 1.807) is 0 Å². The number of carbonyl (C=O) groups is 2. The number of aryl methyl sites for hydroxylation is 2. The van der Waals surface area contributed by atoms with Crippen LogP contribution in [-0.4, -0.2) is 28.3 Å². The predicted molar refractivity (Wildman–Crippen MR) is 127 cm³/mol. The number of hydrogen-bond donors (Lipinski definition) is 3. The number of nitrogens with zero attached hydrogens (tertiary/aromatic N) is 2. The molecule has 0 unspecified atom stereocenters. The Bertz CT molecular complexity index is 1330. The first kappa shape index (κ1) is 20.9. The van der Waals surface area contributed by atoms with Crippen LogP contribution in [0.5, 0.6) is 0 Å². The Balaban J connectivity index is 1.45. The number of benzene rings is 2. The number of hydrogen-bond acceptors (Lipinski definition) is 5. The Hall–Kier alpha value is -3.94. The largest absolute Gasteiger partial charge is 0.338 e. The first-order valence-electron chi connectivity index (χ1n) is 11.0. The van der Waals surface area contributed by atoms with E-state index in [1.165, 1.54) is 11.1 Å². The molecule has 3 N–H and O–H groups in total. The molecular weight excluding hydrogens is 418 g/mol. The fourth-order valence-corrected chi connectivity index (χ4v) is 4.58. The quantitative estimate of drug-likeness (QED) is 0.577. The zero-order valence-electron chi connectivity index (χ0n) is 18.6. The summed E-state index contributed by atoms with van der Waals surface area (Å²) in [5, 5.41) is 5.57. The van der Waals surface area contributed by atoms with Crippen LogP contribution >= 0.6 is 0 Å². The van der Waals surface area contributed by atoms with Gasteiger partial charge in [-0.1, -0.05) is 42.0 Å². The molecule has 3 aromatic rings. The van der Waals surface area contributed by atoms with Gasteiger partial charge in [0.1, 0.15) is 5.82 Å². The summed E-state index contributed by atoms with van der Waals surface area (Å²) in [6, 6.07) is 13.9. The monoisotopic (exact) mass is 443 g/mol. The maximum absolute atomic E-state index is 13.1. The summed E-state index contributed by atoms with van der Waals surface area (Å²) < 4.78 is 0. The lowest BCUT2D eigenvalue weighted by molar-refractivity contribution is -0.123. The van der Waals surface area contributed by atoms with Gasteiger partial charge in [0, 0.05) is 25.2 Å². The Kier molecular flexibility index (Phi) is 5.20. The lowest BCUT2D eigenvalue weighted by Gasteiger charge is -2.30. The molecule has 0 fully saturated rings. The second-order valence-corrected chi connectivity index (χ2v) is 8.70. The van der Waals surface area contributed by atoms with Crippen LogP contribution in [0.2, 0.25) is 0 Å². The topological polar surface area (TPSA) is 107 Å². The van der Waals surface area contributed by atoms with Gasteiger partial charge in [0.05, 0.1) is 11.5 Å². The van der Waals surface area contributed by atoms with E-state index in [1.807, 2.05) is 49.1 Å². The molecule has 2 aliphatic heterocycles. The van der Waals surface area contributed by atoms with Crippen LogP contribution in [0.15, 0.2) is 47.3 Å². The fraction of sp³-hybridized carbons (Fsp3) is 0.280. The van der Waals surface area contributed by atoms with Gasteiger partial charge in [-0.05, 0) is 43.0 Å². The minimum atomic E-state index is -0.915. The van der Waals surface area contributed by atoms with Gasteiger partial charge in [0.2, 0.25) is 17.8 Å². The maximum Gasteiger partial charge on any atom is 0.258 e. The molecule has 1 atom stereocenters. The predicted octanol–water partition coefficient (Wildman–Crippen LogP) is 3.01. The van der Waals surface area contributed by atoms with Crippen LogP contribution < -0.4 is 21.1 Å². The molecular formula is C25H25N5O3. The highest BCUT2D eigenvalue weighted by molar-refractivity contribution is 6.04. The third-order valence-electron chi connectivity index (χ3n) is 6.33. The SMILES string of the molecule is Cc1ccc(NC(=O)[C@H]2CC(=O)Nc3nc(N4CCc5ccccc5C4)[nH]c(=O)c32)c(C)c1. The van der Waals surface area contributed by atoms with Crippen LogP contribution in [-0.2, 0) is 22.6 Å². The number of rotatable bonds is 3. The molecule has 8 heteroatoms. The molecule has 2 amide bonds. The van der Waals surface area contributed by atoms with Crippen molar-refractivity contribution in [1.82, 2.24) is 9.97 Å². The zero-order chi connectivity index (χ0) is 23.1. The summed E-state index contributed by atoms with van der Waals surface area (Å²) in [6.45, 7) is 5.19. The summed E-state index contributed by atoms with van der Waals surface area (Å²) in [5.41, 5.74) is 4.90. The van der Waals surface area contributed by atoms with Crippen LogP contribution in [0, 0.1) is 13.8 Å². The molecule has 8 nitrogen and oxygen atoms in total. The van der Waals surface area contributed by atoms with Crippen molar-refractivity contribution in [3.8, 4) is 0 Å². The van der Waals surface area contributed by atoms with Gasteiger partial charge < -0.3 is 15.5 Å². The molecule has 2 aromatic carbocycles. The van der Waals surface area contributed by atoms with E-state index in [9.17, 15) is 14.4 Å². The number of aromatic amines is 1. The van der Waals surface area contributed by atoms with Gasteiger partial charge in [-0.15, -0.1) is 0 Å². The van der Waals surface area contributed by atoms with E-state index < -0.39 is 17.4 Å². The number of anilines is 3. The first-order valence-corrected chi connectivity index (χ1v) is 11.0.